The summed E-state index contributed by atoms with van der Waals surface area (Å²) >= 11 is 0. The van der Waals surface area contributed by atoms with Gasteiger partial charge in [-0.1, -0.05) is 0 Å². The Labute approximate surface area is 495 Å². The number of ether oxygens (including phenoxy) is 10. The van der Waals surface area contributed by atoms with Gasteiger partial charge in [0.05, 0.1) is 118 Å². The standard InChI is InChI=1S/C16H14O6.C12H10O6.2C11H8O6.C9H6O6/c17-13-9-3-1-4(10(9)14(18)21-13)8-6-2-5(7(3)8)11-12(6)16(20)22-15(11)19;13-6-3-12(11(16)17-6)2-4-1-5(12)8-7(4)9(14)18-10(8)15;2*12-8-4-2-1-3(6(4)10(14)16-8)7-5(2)9(13)17-11(7)15;10-6-2-1-3-5(4(2)8(12)14-6)9(13)15-7(3)11/h3-12H,1-2H2;4-5,7-8H,1-3H2;2*2-7H,1H2;2-5H,1H2. The molecule has 0 aromatic heterocycles. The molecule has 0 radical (unpaired) electrons. The number of hydrogen-bond acceptors (Lipinski definition) is 30. The summed E-state index contributed by atoms with van der Waals surface area (Å²) in [7, 11) is 0. The van der Waals surface area contributed by atoms with E-state index >= 15 is 0 Å². The van der Waals surface area contributed by atoms with Crippen LogP contribution in [0.1, 0.15) is 51.4 Å². The molecule has 10 bridgehead atoms. The summed E-state index contributed by atoms with van der Waals surface area (Å²) in [6, 6.07) is 0. The maximum atomic E-state index is 12.0. The van der Waals surface area contributed by atoms with E-state index in [0.717, 1.165) is 12.8 Å². The van der Waals surface area contributed by atoms with Gasteiger partial charge in [0.25, 0.3) is 0 Å². The first-order valence-electron chi connectivity index (χ1n) is 29.9. The van der Waals surface area contributed by atoms with E-state index in [1.165, 1.54) is 0 Å². The van der Waals surface area contributed by atoms with E-state index in [4.69, 9.17) is 9.47 Å². The van der Waals surface area contributed by atoms with Crippen molar-refractivity contribution in [1.29, 1.82) is 0 Å². The quantitative estimate of drug-likeness (QED) is 0.105. The summed E-state index contributed by atoms with van der Waals surface area (Å²) in [4.78, 5) is 232. The van der Waals surface area contributed by atoms with Crippen molar-refractivity contribution in [2.24, 2.45) is 183 Å². The van der Waals surface area contributed by atoms with Crippen LogP contribution in [0.25, 0.3) is 0 Å². The van der Waals surface area contributed by atoms with E-state index in [0.29, 0.717) is 25.7 Å². The number of fused-ring (bicyclic) bond motifs is 40. The summed E-state index contributed by atoms with van der Waals surface area (Å²) in [6.07, 6.45) is 4.23. The molecule has 30 heteroatoms. The monoisotopic (exact) mass is 1230 g/mol. The number of cyclic esters (lactones) is 20. The minimum absolute atomic E-state index is 0.0302. The molecule has 21 aliphatic rings. The summed E-state index contributed by atoms with van der Waals surface area (Å²) < 4.78 is 46.3. The van der Waals surface area contributed by atoms with Gasteiger partial charge in [0.1, 0.15) is 0 Å². The number of carbonyl (C=O) groups excluding carboxylic acids is 20. The van der Waals surface area contributed by atoms with Crippen LogP contribution >= 0.6 is 0 Å². The minimum Gasteiger partial charge on any atom is -0.393 e. The average Bonchev–Trinajstić information content (AvgIpc) is 1.55. The van der Waals surface area contributed by atoms with Crippen LogP contribution in [0.3, 0.4) is 0 Å². The van der Waals surface area contributed by atoms with Crippen molar-refractivity contribution in [2.75, 3.05) is 0 Å². The molecular formula is C59H46O30. The van der Waals surface area contributed by atoms with E-state index in [9.17, 15) is 95.9 Å². The summed E-state index contributed by atoms with van der Waals surface area (Å²) in [6.45, 7) is 0. The van der Waals surface area contributed by atoms with Gasteiger partial charge in [0.15, 0.2) is 0 Å². The molecule has 0 aromatic carbocycles. The molecule has 0 amide bonds. The van der Waals surface area contributed by atoms with Gasteiger partial charge in [-0.05, 0) is 116 Å². The zero-order valence-electron chi connectivity index (χ0n) is 45.7. The highest BCUT2D eigenvalue weighted by atomic mass is 16.6. The Balaban J connectivity index is 0.0000000866. The zero-order chi connectivity index (χ0) is 62.1. The Bertz CT molecular complexity index is 3280. The van der Waals surface area contributed by atoms with Crippen molar-refractivity contribution in [3.63, 3.8) is 0 Å². The third-order valence-corrected chi connectivity index (χ3v) is 25.3. The Morgan fingerprint density at radius 3 is 0.775 bits per heavy atom. The Morgan fingerprint density at radius 1 is 0.236 bits per heavy atom. The molecule has 11 aliphatic carbocycles. The summed E-state index contributed by atoms with van der Waals surface area (Å²) in [5.41, 5.74) is -0.868. The summed E-state index contributed by atoms with van der Waals surface area (Å²) in [5, 5.41) is 0. The van der Waals surface area contributed by atoms with E-state index in [-0.39, 0.29) is 131 Å². The second-order valence-electron chi connectivity index (χ2n) is 27.8. The second kappa shape index (κ2) is 17.8. The molecule has 89 heavy (non-hydrogen) atoms. The Morgan fingerprint density at radius 2 is 0.483 bits per heavy atom. The molecular weight excluding hydrogens is 1190 g/mol. The molecule has 0 N–H and O–H groups in total. The molecule has 11 saturated carbocycles. The SMILES string of the molecule is O=C1CC2(CC3CC2C2C(=O)OC(=O)C32)C(=O)O1.O=C1OC(=O)C2C1CC1C(=O)OC(=O)C12.O=C1OC(=O)C2C3CC(C12)C1C(=O)OC(=O)C31.O=C1OC(=O)C2C3CC(C12)C1C(=O)OC(=O)C31.O=C1OC(=O)C2C3CC(C12)C1C2CC(C4C(=O)OC(=O)C24)C31. The molecule has 10 saturated heterocycles. The maximum absolute atomic E-state index is 12.0. The molecule has 21 rings (SSSR count). The largest absolute Gasteiger partial charge is 0.393 e. The zero-order valence-corrected chi connectivity index (χ0v) is 45.7. The minimum atomic E-state index is -0.868. The summed E-state index contributed by atoms with van der Waals surface area (Å²) in [5.74, 6) is -20.0. The van der Waals surface area contributed by atoms with Gasteiger partial charge in [0.2, 0.25) is 0 Å². The molecule has 21 fully saturated rings. The van der Waals surface area contributed by atoms with Gasteiger partial charge in [-0.2, -0.15) is 0 Å². The van der Waals surface area contributed by atoms with Crippen molar-refractivity contribution in [1.82, 2.24) is 0 Å². The van der Waals surface area contributed by atoms with Crippen LogP contribution in [0.2, 0.25) is 0 Å². The molecule has 462 valence electrons. The molecule has 10 aliphatic heterocycles. The topological polar surface area (TPSA) is 434 Å². The molecule has 10 heterocycles. The molecule has 25 atom stereocenters. The van der Waals surface area contributed by atoms with Crippen LogP contribution in [0.15, 0.2) is 0 Å². The van der Waals surface area contributed by atoms with Crippen LogP contribution in [0.5, 0.6) is 0 Å². The van der Waals surface area contributed by atoms with E-state index < -0.39 is 184 Å². The van der Waals surface area contributed by atoms with Crippen LogP contribution in [-0.4, -0.2) is 119 Å². The lowest BCUT2D eigenvalue weighted by molar-refractivity contribution is -0.159. The first kappa shape index (κ1) is 54.5. The lowest BCUT2D eigenvalue weighted by Gasteiger charge is -2.40. The van der Waals surface area contributed by atoms with Gasteiger partial charge in [-0.15, -0.1) is 0 Å². The first-order valence-corrected chi connectivity index (χ1v) is 29.9. The van der Waals surface area contributed by atoms with Gasteiger partial charge in [-0.3, -0.25) is 95.9 Å². The lowest BCUT2D eigenvalue weighted by atomic mass is 9.59. The fraction of sp³-hybridized carbons (Fsp3) is 0.661. The van der Waals surface area contributed by atoms with Gasteiger partial charge < -0.3 is 47.4 Å². The maximum Gasteiger partial charge on any atom is 0.320 e. The van der Waals surface area contributed by atoms with E-state index in [1.807, 2.05) is 0 Å². The van der Waals surface area contributed by atoms with Gasteiger partial charge in [-0.25, -0.2) is 0 Å². The second-order valence-corrected chi connectivity index (χ2v) is 27.8. The Hall–Kier alpha value is -8.60. The first-order chi connectivity index (χ1) is 42.4. The Kier molecular flexibility index (Phi) is 10.9. The van der Waals surface area contributed by atoms with Crippen molar-refractivity contribution in [3.05, 3.63) is 0 Å². The van der Waals surface area contributed by atoms with E-state index in [2.05, 4.69) is 37.9 Å². The van der Waals surface area contributed by atoms with Crippen molar-refractivity contribution in [3.8, 4) is 0 Å². The van der Waals surface area contributed by atoms with Crippen molar-refractivity contribution >= 4 is 119 Å². The van der Waals surface area contributed by atoms with Gasteiger partial charge >= 0.3 is 119 Å². The molecule has 1 spiro atoms. The highest BCUT2D eigenvalue weighted by Crippen LogP contribution is 2.75. The predicted octanol–water partition coefficient (Wildman–Crippen LogP) is -2.49. The van der Waals surface area contributed by atoms with E-state index in [1.54, 1.807) is 0 Å². The average molecular weight is 1230 g/mol. The van der Waals surface area contributed by atoms with Gasteiger partial charge in [0, 0.05) is 0 Å². The number of esters is 20. The highest BCUT2D eigenvalue weighted by Gasteiger charge is 2.79. The molecule has 0 aromatic rings. The molecule has 30 nitrogen and oxygen atoms in total. The third-order valence-electron chi connectivity index (χ3n) is 25.3. The van der Waals surface area contributed by atoms with Crippen molar-refractivity contribution in [2.45, 2.75) is 51.4 Å². The highest BCUT2D eigenvalue weighted by molar-refractivity contribution is 6.08. The number of rotatable bonds is 0. The predicted molar refractivity (Wildman–Crippen MR) is 255 cm³/mol. The lowest BCUT2D eigenvalue weighted by Crippen LogP contribution is -2.45. The molecule has 25 unspecified atom stereocenters. The van der Waals surface area contributed by atoms with Crippen LogP contribution in [0, 0.1) is 183 Å². The number of hydrogen-bond donors (Lipinski definition) is 0. The fourth-order valence-corrected chi connectivity index (χ4v) is 22.9. The van der Waals surface area contributed by atoms with Crippen LogP contribution in [-0.2, 0) is 143 Å². The van der Waals surface area contributed by atoms with Crippen molar-refractivity contribution < 1.29 is 143 Å². The normalized spacial score (nSPS) is 51.1. The van der Waals surface area contributed by atoms with Crippen LogP contribution in [0.4, 0.5) is 0 Å². The third kappa shape index (κ3) is 6.75. The van der Waals surface area contributed by atoms with Crippen LogP contribution < -0.4 is 0 Å². The fourth-order valence-electron chi connectivity index (χ4n) is 22.9. The number of carbonyl (C=O) groups is 20. The smallest absolute Gasteiger partial charge is 0.320 e.